The first kappa shape index (κ1) is 12.8. The van der Waals surface area contributed by atoms with E-state index >= 15 is 0 Å². The van der Waals surface area contributed by atoms with Crippen LogP contribution in [0.15, 0.2) is 24.5 Å². The van der Waals surface area contributed by atoms with E-state index in [0.29, 0.717) is 5.56 Å². The van der Waals surface area contributed by atoms with Gasteiger partial charge in [-0.2, -0.15) is 5.26 Å². The van der Waals surface area contributed by atoms with Crippen molar-refractivity contribution in [2.24, 2.45) is 7.05 Å². The first-order valence-corrected chi connectivity index (χ1v) is 4.53. The van der Waals surface area contributed by atoms with Gasteiger partial charge < -0.3 is 0 Å². The summed E-state index contributed by atoms with van der Waals surface area (Å²) >= 11 is 0. The fourth-order valence-corrected chi connectivity index (χ4v) is 0.576. The van der Waals surface area contributed by atoms with E-state index in [2.05, 4.69) is 0 Å². The molecule has 1 aromatic heterocycles. The smallest absolute Gasteiger partial charge is 0.169 e. The average Bonchev–Trinajstić information content (AvgIpc) is 2.03. The normalized spacial score (nSPS) is 9.71. The molecule has 0 aliphatic carbocycles. The summed E-state index contributed by atoms with van der Waals surface area (Å²) in [6.07, 6.45) is 3.69. The third-order valence-electron chi connectivity index (χ3n) is 1.11. The molecule has 0 atom stereocenters. The Kier molecular flexibility index (Phi) is 5.01. The Morgan fingerprint density at radius 1 is 1.21 bits per heavy atom. The molecule has 1 heterocycles. The molecule has 0 unspecified atom stereocenters. The van der Waals surface area contributed by atoms with Crippen LogP contribution in [0.4, 0.5) is 0 Å². The number of hydrogen-bond donors (Lipinski definition) is 0. The summed E-state index contributed by atoms with van der Waals surface area (Å²) in [4.78, 5) is 0. The molecule has 14 heavy (non-hydrogen) atoms. The van der Waals surface area contributed by atoms with E-state index < -0.39 is 10.2 Å². The Hall–Kier alpha value is -1.23. The van der Waals surface area contributed by atoms with Crippen LogP contribution < -0.4 is 23.2 Å². The number of hydrogen-bond acceptors (Lipinski definition) is 5. The van der Waals surface area contributed by atoms with Crippen LogP contribution in [-0.4, -0.2) is 0 Å². The van der Waals surface area contributed by atoms with Crippen molar-refractivity contribution in [1.82, 2.24) is 0 Å². The summed E-state index contributed by atoms with van der Waals surface area (Å²) in [5.41, 5.74) is 0.702. The molecule has 1 rings (SSSR count). The lowest BCUT2D eigenvalue weighted by Crippen LogP contribution is -2.68. The Balaban J connectivity index is 0.000000292. The van der Waals surface area contributed by atoms with E-state index in [1.807, 2.05) is 30.1 Å². The van der Waals surface area contributed by atoms with Gasteiger partial charge in [0.05, 0.1) is 11.6 Å². The van der Waals surface area contributed by atoms with Crippen molar-refractivity contribution in [3.05, 3.63) is 30.1 Å². The minimum absolute atomic E-state index is 0.702. The van der Waals surface area contributed by atoms with Crippen molar-refractivity contribution < 1.29 is 33.4 Å². The van der Waals surface area contributed by atoms with E-state index in [4.69, 9.17) is 23.9 Å². The predicted molar refractivity (Wildman–Crippen MR) is 32.3 cm³/mol. The van der Waals surface area contributed by atoms with Gasteiger partial charge in [0.25, 0.3) is 0 Å². The molecule has 0 saturated heterocycles. The number of aromatic nitrogens is 1. The van der Waals surface area contributed by atoms with Gasteiger partial charge in [0, 0.05) is 12.1 Å². The fourth-order valence-electron chi connectivity index (χ4n) is 0.576. The molecule has 0 N–H and O–H groups in total. The van der Waals surface area contributed by atoms with Crippen LogP contribution in [0.3, 0.4) is 0 Å². The largest absolute Gasteiger partial charge is 0.222 e. The third kappa shape index (κ3) is 8.86. The number of halogens is 1. The lowest BCUT2D eigenvalue weighted by molar-refractivity contribution is -2.00. The summed E-state index contributed by atoms with van der Waals surface area (Å²) in [6, 6.07) is 5.60. The van der Waals surface area contributed by atoms with Crippen molar-refractivity contribution >= 4 is 0 Å². The number of nitriles is 1. The van der Waals surface area contributed by atoms with Crippen LogP contribution in [0.25, 0.3) is 0 Å². The van der Waals surface area contributed by atoms with E-state index in [9.17, 15) is 0 Å². The van der Waals surface area contributed by atoms with Crippen LogP contribution in [0.1, 0.15) is 5.56 Å². The number of pyridine rings is 1. The lowest BCUT2D eigenvalue weighted by Gasteiger charge is -2.17. The first-order chi connectivity index (χ1) is 6.33. The second kappa shape index (κ2) is 5.49. The second-order valence-electron chi connectivity index (χ2n) is 2.24. The highest BCUT2D eigenvalue weighted by molar-refractivity contribution is 5.23. The zero-order valence-corrected chi connectivity index (χ0v) is 7.97. The summed E-state index contributed by atoms with van der Waals surface area (Å²) in [5, 5.41) is 8.37. The highest BCUT2D eigenvalue weighted by Crippen LogP contribution is 1.88. The quantitative estimate of drug-likeness (QED) is 0.408. The van der Waals surface area contributed by atoms with Gasteiger partial charge >= 0.3 is 0 Å². The molecule has 6 nitrogen and oxygen atoms in total. The molecule has 0 bridgehead atoms. The molecule has 0 amide bonds. The molecule has 0 aromatic carbocycles. The monoisotopic (exact) mass is 218 g/mol. The second-order valence-corrected chi connectivity index (χ2v) is 3.00. The van der Waals surface area contributed by atoms with E-state index in [1.165, 1.54) is 0 Å². The zero-order valence-electron chi connectivity index (χ0n) is 7.21. The molecular formula is C7H7ClN2O4. The number of nitrogens with zero attached hydrogens (tertiary/aromatic N) is 2. The average molecular weight is 219 g/mol. The molecule has 0 saturated carbocycles. The molecule has 0 aliphatic heterocycles. The maximum atomic E-state index is 8.49. The van der Waals surface area contributed by atoms with Gasteiger partial charge in [0.15, 0.2) is 12.4 Å². The predicted octanol–water partition coefficient (Wildman–Crippen LogP) is -4.37. The SMILES string of the molecule is C[n+]1ccc(C#N)cc1.[O-][Cl+3]([O-])([O-])[O-]. The Morgan fingerprint density at radius 3 is 1.86 bits per heavy atom. The van der Waals surface area contributed by atoms with Crippen LogP contribution in [0.5, 0.6) is 0 Å². The standard InChI is InChI=1S/C7H7N2.ClHO4/c1-9-4-2-7(6-8)3-5-9;2-1(3,4)5/h2-5H,1H3;(H,2,3,4,5)/q+1;/p-1. The molecule has 0 spiro atoms. The molecule has 0 aliphatic rings. The summed E-state index contributed by atoms with van der Waals surface area (Å²) < 4.78 is 35.9. The molecule has 1 aromatic rings. The summed E-state index contributed by atoms with van der Waals surface area (Å²) in [6.45, 7) is 0. The first-order valence-electron chi connectivity index (χ1n) is 3.30. The number of rotatable bonds is 0. The zero-order chi connectivity index (χ0) is 11.2. The minimum Gasteiger partial charge on any atom is -0.222 e. The van der Waals surface area contributed by atoms with Crippen LogP contribution >= 0.6 is 0 Å². The molecule has 0 fully saturated rings. The van der Waals surface area contributed by atoms with Crippen molar-refractivity contribution in [2.45, 2.75) is 0 Å². The number of aryl methyl sites for hydroxylation is 1. The molecule has 76 valence electrons. The van der Waals surface area contributed by atoms with Gasteiger partial charge in [0.1, 0.15) is 7.05 Å². The Labute approximate surface area is 82.6 Å². The summed E-state index contributed by atoms with van der Waals surface area (Å²) in [7, 11) is -3.03. The maximum absolute atomic E-state index is 8.49. The van der Waals surface area contributed by atoms with E-state index in [1.54, 1.807) is 12.1 Å². The van der Waals surface area contributed by atoms with Crippen molar-refractivity contribution in [3.63, 3.8) is 0 Å². The minimum atomic E-state index is -4.94. The lowest BCUT2D eigenvalue weighted by atomic mass is 10.3. The Bertz CT molecular complexity index is 308. The Morgan fingerprint density at radius 2 is 1.57 bits per heavy atom. The molecular weight excluding hydrogens is 212 g/mol. The highest BCUT2D eigenvalue weighted by atomic mass is 35.7. The van der Waals surface area contributed by atoms with Crippen LogP contribution in [0, 0.1) is 21.6 Å². The highest BCUT2D eigenvalue weighted by Gasteiger charge is 1.90. The topological polar surface area (TPSA) is 120 Å². The van der Waals surface area contributed by atoms with E-state index in [0.717, 1.165) is 0 Å². The van der Waals surface area contributed by atoms with Gasteiger partial charge in [-0.1, -0.05) is 0 Å². The van der Waals surface area contributed by atoms with E-state index in [-0.39, 0.29) is 0 Å². The fraction of sp³-hybridized carbons (Fsp3) is 0.143. The van der Waals surface area contributed by atoms with Crippen LogP contribution in [-0.2, 0) is 7.05 Å². The molecule has 0 radical (unpaired) electrons. The third-order valence-corrected chi connectivity index (χ3v) is 1.11. The van der Waals surface area contributed by atoms with Crippen molar-refractivity contribution in [3.8, 4) is 6.07 Å². The van der Waals surface area contributed by atoms with Crippen LogP contribution in [0.2, 0.25) is 0 Å². The van der Waals surface area contributed by atoms with Gasteiger partial charge in [-0.25, -0.2) is 23.2 Å². The van der Waals surface area contributed by atoms with Crippen molar-refractivity contribution in [2.75, 3.05) is 0 Å². The van der Waals surface area contributed by atoms with Crippen molar-refractivity contribution in [1.29, 1.82) is 5.26 Å². The van der Waals surface area contributed by atoms with Gasteiger partial charge in [-0.3, -0.25) is 0 Å². The van der Waals surface area contributed by atoms with Gasteiger partial charge in [0.2, 0.25) is 0 Å². The maximum Gasteiger partial charge on any atom is 0.169 e. The summed E-state index contributed by atoms with van der Waals surface area (Å²) in [5.74, 6) is 0. The molecule has 7 heteroatoms. The van der Waals surface area contributed by atoms with Gasteiger partial charge in [-0.15, -0.1) is 10.2 Å². The van der Waals surface area contributed by atoms with Gasteiger partial charge in [-0.05, 0) is 0 Å².